The smallest absolute Gasteiger partial charge is 0.372 e. The lowest BCUT2D eigenvalue weighted by atomic mass is 9.97. The fourth-order valence-electron chi connectivity index (χ4n) is 3.05. The van der Waals surface area contributed by atoms with Crippen molar-refractivity contribution in [2.45, 2.75) is 0 Å². The zero-order valence-corrected chi connectivity index (χ0v) is 14.4. The highest BCUT2D eigenvalue weighted by molar-refractivity contribution is 6.06. The predicted molar refractivity (Wildman–Crippen MR) is 100.0 cm³/mol. The van der Waals surface area contributed by atoms with E-state index >= 15 is 0 Å². The second-order valence-electron chi connectivity index (χ2n) is 6.02. The molecule has 6 heteroatoms. The monoisotopic (exact) mass is 376 g/mol. The Morgan fingerprint density at radius 3 is 2.32 bits per heavy atom. The van der Waals surface area contributed by atoms with Crippen molar-refractivity contribution in [1.82, 2.24) is 0 Å². The molecule has 0 saturated heterocycles. The summed E-state index contributed by atoms with van der Waals surface area (Å²) in [6.07, 6.45) is 1.30. The number of hydrogen-bond acceptors (Lipinski definition) is 4. The van der Waals surface area contributed by atoms with Gasteiger partial charge in [-0.1, -0.05) is 30.3 Å². The first-order chi connectivity index (χ1) is 13.5. The van der Waals surface area contributed by atoms with Crippen LogP contribution in [0, 0.1) is 5.82 Å². The van der Waals surface area contributed by atoms with Gasteiger partial charge < -0.3 is 14.3 Å². The highest BCUT2D eigenvalue weighted by Crippen LogP contribution is 2.37. The summed E-state index contributed by atoms with van der Waals surface area (Å²) in [4.78, 5) is 23.9. The molecule has 0 aliphatic rings. The van der Waals surface area contributed by atoms with Crippen molar-refractivity contribution < 1.29 is 28.2 Å². The van der Waals surface area contributed by atoms with Crippen molar-refractivity contribution in [3.05, 3.63) is 90.1 Å². The standard InChI is InChI=1S/C22H13FO5/c23-15-9-7-14(8-10-15)22(26)28-18-6-2-4-13-3-1-5-16(19(13)18)17-11-12-27-20(17)21(24)25/h1-12H,(H,24,25). The van der Waals surface area contributed by atoms with Crippen molar-refractivity contribution in [3.63, 3.8) is 0 Å². The molecule has 0 unspecified atom stereocenters. The van der Waals surface area contributed by atoms with Gasteiger partial charge in [0.05, 0.1) is 11.8 Å². The molecular weight excluding hydrogens is 363 g/mol. The summed E-state index contributed by atoms with van der Waals surface area (Å²) in [6.45, 7) is 0. The Kier molecular flexibility index (Phi) is 4.37. The zero-order chi connectivity index (χ0) is 19.7. The summed E-state index contributed by atoms with van der Waals surface area (Å²) in [5, 5.41) is 10.7. The maximum atomic E-state index is 13.1. The van der Waals surface area contributed by atoms with E-state index in [0.717, 1.165) is 5.39 Å². The van der Waals surface area contributed by atoms with E-state index < -0.39 is 17.8 Å². The summed E-state index contributed by atoms with van der Waals surface area (Å²) in [5.74, 6) is -2.23. The number of rotatable bonds is 4. The van der Waals surface area contributed by atoms with Crippen LogP contribution in [0.3, 0.4) is 0 Å². The van der Waals surface area contributed by atoms with Gasteiger partial charge in [0.25, 0.3) is 0 Å². The Labute approximate surface area is 158 Å². The Balaban J connectivity index is 1.83. The summed E-state index contributed by atoms with van der Waals surface area (Å²) in [6, 6.07) is 17.1. The molecule has 0 atom stereocenters. The molecule has 0 aliphatic heterocycles. The minimum absolute atomic E-state index is 0.199. The van der Waals surface area contributed by atoms with Crippen LogP contribution in [0.5, 0.6) is 5.75 Å². The molecule has 0 radical (unpaired) electrons. The molecule has 1 N–H and O–H groups in total. The molecule has 0 aliphatic carbocycles. The number of hydrogen-bond donors (Lipinski definition) is 1. The number of halogens is 1. The maximum Gasteiger partial charge on any atom is 0.372 e. The van der Waals surface area contributed by atoms with E-state index in [0.29, 0.717) is 16.5 Å². The fourth-order valence-corrected chi connectivity index (χ4v) is 3.05. The van der Waals surface area contributed by atoms with E-state index in [1.54, 1.807) is 30.3 Å². The molecule has 4 aromatic rings. The van der Waals surface area contributed by atoms with Gasteiger partial charge in [-0.05, 0) is 47.3 Å². The minimum Gasteiger partial charge on any atom is -0.475 e. The average Bonchev–Trinajstić information content (AvgIpc) is 3.18. The summed E-state index contributed by atoms with van der Waals surface area (Å²) >= 11 is 0. The van der Waals surface area contributed by atoms with Crippen LogP contribution in [-0.4, -0.2) is 17.0 Å². The molecular formula is C22H13FO5. The first kappa shape index (κ1) is 17.5. The van der Waals surface area contributed by atoms with E-state index in [2.05, 4.69) is 0 Å². The van der Waals surface area contributed by atoms with Crippen LogP contribution in [0.2, 0.25) is 0 Å². The number of carbonyl (C=O) groups is 2. The van der Waals surface area contributed by atoms with Crippen molar-refractivity contribution in [1.29, 1.82) is 0 Å². The average molecular weight is 376 g/mol. The molecule has 0 amide bonds. The van der Waals surface area contributed by atoms with E-state index in [1.165, 1.54) is 30.5 Å². The topological polar surface area (TPSA) is 76.7 Å². The van der Waals surface area contributed by atoms with Crippen molar-refractivity contribution in [2.75, 3.05) is 0 Å². The number of carboxylic acid groups (broad SMARTS) is 1. The van der Waals surface area contributed by atoms with Crippen molar-refractivity contribution >= 4 is 22.7 Å². The second kappa shape index (κ2) is 7.00. The molecule has 0 saturated carbocycles. The van der Waals surface area contributed by atoms with Gasteiger partial charge in [-0.2, -0.15) is 0 Å². The fraction of sp³-hybridized carbons (Fsp3) is 0. The molecule has 0 bridgehead atoms. The molecule has 5 nitrogen and oxygen atoms in total. The molecule has 1 aromatic heterocycles. The van der Waals surface area contributed by atoms with Crippen molar-refractivity contribution in [2.24, 2.45) is 0 Å². The number of esters is 1. The first-order valence-corrected chi connectivity index (χ1v) is 8.35. The number of ether oxygens (including phenoxy) is 1. The van der Waals surface area contributed by atoms with Crippen LogP contribution in [-0.2, 0) is 0 Å². The SMILES string of the molecule is O=C(Oc1cccc2cccc(-c3ccoc3C(=O)O)c12)c1ccc(F)cc1. The van der Waals surface area contributed by atoms with E-state index in [9.17, 15) is 19.1 Å². The lowest BCUT2D eigenvalue weighted by Crippen LogP contribution is -2.09. The lowest BCUT2D eigenvalue weighted by Gasteiger charge is -2.12. The summed E-state index contributed by atoms with van der Waals surface area (Å²) in [7, 11) is 0. The third-order valence-corrected chi connectivity index (χ3v) is 4.30. The quantitative estimate of drug-likeness (QED) is 0.393. The Morgan fingerprint density at radius 2 is 1.61 bits per heavy atom. The largest absolute Gasteiger partial charge is 0.475 e. The van der Waals surface area contributed by atoms with Gasteiger partial charge in [0.2, 0.25) is 5.76 Å². The summed E-state index contributed by atoms with van der Waals surface area (Å²) in [5.41, 5.74) is 1.14. The van der Waals surface area contributed by atoms with Gasteiger partial charge in [0, 0.05) is 10.9 Å². The second-order valence-corrected chi connectivity index (χ2v) is 6.02. The molecule has 0 spiro atoms. The van der Waals surface area contributed by atoms with Gasteiger partial charge in [0.1, 0.15) is 11.6 Å². The molecule has 4 rings (SSSR count). The predicted octanol–water partition coefficient (Wildman–Crippen LogP) is 5.16. The summed E-state index contributed by atoms with van der Waals surface area (Å²) < 4.78 is 23.7. The van der Waals surface area contributed by atoms with Gasteiger partial charge in [0.15, 0.2) is 0 Å². The molecule has 0 fully saturated rings. The molecule has 28 heavy (non-hydrogen) atoms. The van der Waals surface area contributed by atoms with E-state index in [1.807, 2.05) is 12.1 Å². The number of carboxylic acids is 1. The number of fused-ring (bicyclic) bond motifs is 1. The number of carbonyl (C=O) groups excluding carboxylic acids is 1. The maximum absolute atomic E-state index is 13.1. The van der Waals surface area contributed by atoms with Crippen molar-refractivity contribution in [3.8, 4) is 16.9 Å². The molecule has 138 valence electrons. The number of furan rings is 1. The first-order valence-electron chi connectivity index (χ1n) is 8.35. The Morgan fingerprint density at radius 1 is 0.893 bits per heavy atom. The normalized spacial score (nSPS) is 10.8. The molecule has 1 heterocycles. The number of benzene rings is 3. The van der Waals surface area contributed by atoms with Crippen LogP contribution in [0.25, 0.3) is 21.9 Å². The van der Waals surface area contributed by atoms with Gasteiger partial charge in [-0.3, -0.25) is 0 Å². The van der Waals surface area contributed by atoms with E-state index in [-0.39, 0.29) is 17.1 Å². The van der Waals surface area contributed by atoms with Crippen LogP contribution < -0.4 is 4.74 Å². The zero-order valence-electron chi connectivity index (χ0n) is 14.4. The number of aromatic carboxylic acids is 1. The van der Waals surface area contributed by atoms with Crippen LogP contribution in [0.1, 0.15) is 20.9 Å². The van der Waals surface area contributed by atoms with E-state index in [4.69, 9.17) is 9.15 Å². The Bertz CT molecular complexity index is 1190. The highest BCUT2D eigenvalue weighted by atomic mass is 19.1. The van der Waals surface area contributed by atoms with Crippen LogP contribution >= 0.6 is 0 Å². The Hall–Kier alpha value is -3.93. The third kappa shape index (κ3) is 3.12. The van der Waals surface area contributed by atoms with Crippen LogP contribution in [0.4, 0.5) is 4.39 Å². The van der Waals surface area contributed by atoms with Gasteiger partial charge in [-0.15, -0.1) is 0 Å². The van der Waals surface area contributed by atoms with Gasteiger partial charge >= 0.3 is 11.9 Å². The molecule has 3 aromatic carbocycles. The third-order valence-electron chi connectivity index (χ3n) is 4.30. The van der Waals surface area contributed by atoms with Gasteiger partial charge in [-0.25, -0.2) is 14.0 Å². The highest BCUT2D eigenvalue weighted by Gasteiger charge is 2.20. The minimum atomic E-state index is -1.20. The van der Waals surface area contributed by atoms with Crippen LogP contribution in [0.15, 0.2) is 77.4 Å². The lowest BCUT2D eigenvalue weighted by molar-refractivity contribution is 0.0662.